The number of carbonyl (C=O) groups is 4. The Morgan fingerprint density at radius 3 is 2.32 bits per heavy atom. The lowest BCUT2D eigenvalue weighted by Crippen LogP contribution is -2.81. The molecule has 2 saturated heterocycles. The van der Waals surface area contributed by atoms with Gasteiger partial charge in [-0.2, -0.15) is 0 Å². The van der Waals surface area contributed by atoms with Crippen molar-refractivity contribution >= 4 is 23.8 Å². The highest BCUT2D eigenvalue weighted by Crippen LogP contribution is 2.33. The number of β-lactam (4-membered cyclic amide) rings is 1. The number of hydrogen-bond acceptors (Lipinski definition) is 5. The average Bonchev–Trinajstić information content (AvgIpc) is 2.51. The van der Waals surface area contributed by atoms with E-state index in [-0.39, 0.29) is 43.9 Å². The van der Waals surface area contributed by atoms with Gasteiger partial charge in [0.15, 0.2) is 5.54 Å². The van der Waals surface area contributed by atoms with Crippen molar-refractivity contribution in [2.45, 2.75) is 38.8 Å². The van der Waals surface area contributed by atoms with Gasteiger partial charge in [0.25, 0.3) is 5.91 Å². The number of rotatable bonds is 2. The Kier molecular flexibility index (Phi) is 4.97. The highest BCUT2D eigenvalue weighted by molar-refractivity contribution is 5.99. The summed E-state index contributed by atoms with van der Waals surface area (Å²) in [7, 11) is 1.50. The highest BCUT2D eigenvalue weighted by atomic mass is 16.6. The van der Waals surface area contributed by atoms with Crippen LogP contribution in [0.1, 0.15) is 27.7 Å². The van der Waals surface area contributed by atoms with Gasteiger partial charge >= 0.3 is 6.09 Å². The first kappa shape index (κ1) is 19.0. The topological polar surface area (TPSA) is 99.3 Å². The Bertz CT molecular complexity index is 600. The maximum Gasteiger partial charge on any atom is 0.410 e. The second kappa shape index (κ2) is 6.53. The van der Waals surface area contributed by atoms with Crippen LogP contribution in [-0.4, -0.2) is 89.4 Å². The van der Waals surface area contributed by atoms with Crippen LogP contribution in [0.5, 0.6) is 0 Å². The predicted octanol–water partition coefficient (Wildman–Crippen LogP) is -0.587. The summed E-state index contributed by atoms with van der Waals surface area (Å²) < 4.78 is 5.37. The van der Waals surface area contributed by atoms with E-state index in [0.717, 1.165) is 0 Å². The quantitative estimate of drug-likeness (QED) is 0.669. The van der Waals surface area contributed by atoms with Crippen LogP contribution in [0.2, 0.25) is 0 Å². The molecule has 0 radical (unpaired) electrons. The SMILES string of the molecule is CNC(=O)CN1CC2(CN(C(=O)OC(C)(C)C)CCN2C(C)=O)C1=O. The molecule has 1 unspecified atom stereocenters. The minimum atomic E-state index is -1.10. The molecule has 2 fully saturated rings. The van der Waals surface area contributed by atoms with Crippen molar-refractivity contribution in [3.63, 3.8) is 0 Å². The average molecular weight is 354 g/mol. The molecule has 1 atom stereocenters. The van der Waals surface area contributed by atoms with E-state index in [2.05, 4.69) is 5.32 Å². The van der Waals surface area contributed by atoms with E-state index in [9.17, 15) is 19.2 Å². The van der Waals surface area contributed by atoms with E-state index in [1.54, 1.807) is 20.8 Å². The van der Waals surface area contributed by atoms with Gasteiger partial charge < -0.3 is 24.8 Å². The Balaban J connectivity index is 2.15. The fourth-order valence-corrected chi connectivity index (χ4v) is 3.21. The first-order valence-corrected chi connectivity index (χ1v) is 8.26. The van der Waals surface area contributed by atoms with Crippen molar-refractivity contribution in [3.8, 4) is 0 Å². The summed E-state index contributed by atoms with van der Waals surface area (Å²) >= 11 is 0. The molecule has 9 heteroatoms. The molecular formula is C16H26N4O5. The fraction of sp³-hybridized carbons (Fsp3) is 0.750. The van der Waals surface area contributed by atoms with Crippen LogP contribution in [0, 0.1) is 0 Å². The molecule has 1 spiro atoms. The number of likely N-dealkylation sites (N-methyl/N-ethyl adjacent to an activating group) is 1. The van der Waals surface area contributed by atoms with Crippen molar-refractivity contribution in [3.05, 3.63) is 0 Å². The first-order valence-electron chi connectivity index (χ1n) is 8.26. The molecule has 2 rings (SSSR count). The van der Waals surface area contributed by atoms with E-state index in [1.807, 2.05) is 0 Å². The maximum absolute atomic E-state index is 12.7. The zero-order valence-electron chi connectivity index (χ0n) is 15.4. The molecule has 0 aromatic rings. The molecule has 4 amide bonds. The van der Waals surface area contributed by atoms with Crippen molar-refractivity contribution in [1.29, 1.82) is 0 Å². The number of nitrogens with zero attached hydrogens (tertiary/aromatic N) is 3. The lowest BCUT2D eigenvalue weighted by Gasteiger charge is -2.57. The molecule has 9 nitrogen and oxygen atoms in total. The van der Waals surface area contributed by atoms with Crippen LogP contribution in [0.15, 0.2) is 0 Å². The van der Waals surface area contributed by atoms with Crippen molar-refractivity contribution in [2.75, 3.05) is 39.8 Å². The number of ether oxygens (including phenoxy) is 1. The van der Waals surface area contributed by atoms with Gasteiger partial charge in [0, 0.05) is 27.1 Å². The largest absolute Gasteiger partial charge is 0.444 e. The van der Waals surface area contributed by atoms with E-state index in [4.69, 9.17) is 4.74 Å². The second-order valence-corrected chi connectivity index (χ2v) is 7.44. The number of carbonyl (C=O) groups excluding carboxylic acids is 4. The summed E-state index contributed by atoms with van der Waals surface area (Å²) in [6.07, 6.45) is -0.507. The molecule has 0 aromatic heterocycles. The summed E-state index contributed by atoms with van der Waals surface area (Å²) in [5.41, 5.74) is -1.74. The lowest BCUT2D eigenvalue weighted by molar-refractivity contribution is -0.178. The number of piperazine rings is 1. The zero-order chi connectivity index (χ0) is 19.0. The Morgan fingerprint density at radius 1 is 1.20 bits per heavy atom. The van der Waals surface area contributed by atoms with Crippen LogP contribution in [0.25, 0.3) is 0 Å². The number of nitrogens with one attached hydrogen (secondary N) is 1. The van der Waals surface area contributed by atoms with Crippen LogP contribution in [-0.2, 0) is 19.1 Å². The summed E-state index contributed by atoms with van der Waals surface area (Å²) in [6, 6.07) is 0. The second-order valence-electron chi connectivity index (χ2n) is 7.44. The summed E-state index contributed by atoms with van der Waals surface area (Å²) in [6.45, 7) is 7.51. The van der Waals surface area contributed by atoms with Gasteiger partial charge in [-0.1, -0.05) is 0 Å². The van der Waals surface area contributed by atoms with Gasteiger partial charge in [-0.15, -0.1) is 0 Å². The minimum absolute atomic E-state index is 0.0603. The number of amides is 4. The fourth-order valence-electron chi connectivity index (χ4n) is 3.21. The minimum Gasteiger partial charge on any atom is -0.444 e. The van der Waals surface area contributed by atoms with Gasteiger partial charge in [-0.25, -0.2) is 4.79 Å². The predicted molar refractivity (Wildman–Crippen MR) is 88.6 cm³/mol. The van der Waals surface area contributed by atoms with Gasteiger partial charge in [0.1, 0.15) is 5.60 Å². The van der Waals surface area contributed by atoms with E-state index in [0.29, 0.717) is 6.54 Å². The third-order valence-electron chi connectivity index (χ3n) is 4.35. The van der Waals surface area contributed by atoms with E-state index >= 15 is 0 Å². The van der Waals surface area contributed by atoms with Crippen LogP contribution < -0.4 is 5.32 Å². The van der Waals surface area contributed by atoms with Crippen LogP contribution in [0.3, 0.4) is 0 Å². The van der Waals surface area contributed by atoms with Crippen molar-refractivity contribution < 1.29 is 23.9 Å². The molecule has 0 saturated carbocycles. The van der Waals surface area contributed by atoms with Crippen molar-refractivity contribution in [2.24, 2.45) is 0 Å². The maximum atomic E-state index is 12.7. The Hall–Kier alpha value is -2.32. The third kappa shape index (κ3) is 3.69. The monoisotopic (exact) mass is 354 g/mol. The summed E-state index contributed by atoms with van der Waals surface area (Å²) in [4.78, 5) is 52.9. The van der Waals surface area contributed by atoms with Gasteiger partial charge in [-0.3, -0.25) is 14.4 Å². The normalized spacial score (nSPS) is 23.4. The van der Waals surface area contributed by atoms with Crippen LogP contribution in [0.4, 0.5) is 4.79 Å². The Morgan fingerprint density at radius 2 is 1.84 bits per heavy atom. The lowest BCUT2D eigenvalue weighted by atomic mass is 9.83. The molecule has 0 aliphatic carbocycles. The third-order valence-corrected chi connectivity index (χ3v) is 4.35. The highest BCUT2D eigenvalue weighted by Gasteiger charge is 2.60. The van der Waals surface area contributed by atoms with Gasteiger partial charge in [0.05, 0.1) is 19.6 Å². The molecular weight excluding hydrogens is 328 g/mol. The smallest absolute Gasteiger partial charge is 0.410 e. The standard InChI is InChI=1S/C16H26N4O5/c1-11(21)20-7-6-18(14(24)25-15(2,3)4)9-16(20)10-19(13(16)23)8-12(22)17-5/h6-10H2,1-5H3,(H,17,22). The molecule has 2 heterocycles. The molecule has 1 N–H and O–H groups in total. The number of hydrogen-bond donors (Lipinski definition) is 1. The Labute approximate surface area is 147 Å². The molecule has 2 aliphatic heterocycles. The van der Waals surface area contributed by atoms with Gasteiger partial charge in [-0.05, 0) is 20.8 Å². The molecule has 0 bridgehead atoms. The first-order chi connectivity index (χ1) is 11.5. The van der Waals surface area contributed by atoms with E-state index < -0.39 is 17.2 Å². The molecule has 140 valence electrons. The summed E-state index contributed by atoms with van der Waals surface area (Å²) in [5.74, 6) is -0.825. The van der Waals surface area contributed by atoms with Gasteiger partial charge in [0.2, 0.25) is 11.8 Å². The number of likely N-dealkylation sites (tertiary alicyclic amines) is 1. The van der Waals surface area contributed by atoms with Crippen molar-refractivity contribution in [1.82, 2.24) is 20.0 Å². The molecule has 2 aliphatic rings. The molecule has 0 aromatic carbocycles. The molecule has 25 heavy (non-hydrogen) atoms. The zero-order valence-corrected chi connectivity index (χ0v) is 15.4. The van der Waals surface area contributed by atoms with Crippen LogP contribution >= 0.6 is 0 Å². The van der Waals surface area contributed by atoms with E-state index in [1.165, 1.54) is 28.7 Å². The summed E-state index contributed by atoms with van der Waals surface area (Å²) in [5, 5.41) is 2.46.